The lowest BCUT2D eigenvalue weighted by Gasteiger charge is -2.27. The molecule has 0 bridgehead atoms. The van der Waals surface area contributed by atoms with Gasteiger partial charge in [0.05, 0.1) is 5.41 Å². The fourth-order valence-corrected chi connectivity index (χ4v) is 2.73. The normalized spacial score (nSPS) is 27.2. The average molecular weight is 311 g/mol. The van der Waals surface area contributed by atoms with E-state index in [1.807, 2.05) is 31.2 Å². The van der Waals surface area contributed by atoms with E-state index in [-0.39, 0.29) is 11.9 Å². The second-order valence-electron chi connectivity index (χ2n) is 5.23. The molecule has 1 fully saturated rings. The maximum Gasteiger partial charge on any atom is 0.227 e. The van der Waals surface area contributed by atoms with Crippen molar-refractivity contribution in [2.45, 2.75) is 38.8 Å². The van der Waals surface area contributed by atoms with Gasteiger partial charge in [0, 0.05) is 17.1 Å². The predicted octanol–water partition coefficient (Wildman–Crippen LogP) is 2.58. The molecule has 1 aromatic carbocycles. The van der Waals surface area contributed by atoms with Crippen molar-refractivity contribution in [1.29, 1.82) is 0 Å². The molecule has 98 valence electrons. The van der Waals surface area contributed by atoms with E-state index in [0.29, 0.717) is 6.54 Å². The van der Waals surface area contributed by atoms with Crippen LogP contribution in [0.4, 0.5) is 0 Å². The molecule has 0 spiro atoms. The quantitative estimate of drug-likeness (QED) is 0.901. The summed E-state index contributed by atoms with van der Waals surface area (Å²) in [7, 11) is 0. The Hall–Kier alpha value is -0.870. The molecule has 3 N–H and O–H groups in total. The van der Waals surface area contributed by atoms with Crippen LogP contribution in [0.3, 0.4) is 0 Å². The van der Waals surface area contributed by atoms with Crippen LogP contribution in [0.25, 0.3) is 0 Å². The highest BCUT2D eigenvalue weighted by Gasteiger charge is 2.42. The van der Waals surface area contributed by atoms with Crippen molar-refractivity contribution in [3.63, 3.8) is 0 Å². The SMILES string of the molecule is CC1(C(=O)NCc2ccc(Br)cc2)CCCC1N. The first-order valence-electron chi connectivity index (χ1n) is 6.31. The average Bonchev–Trinajstić information content (AvgIpc) is 2.70. The Morgan fingerprint density at radius 3 is 2.72 bits per heavy atom. The van der Waals surface area contributed by atoms with Gasteiger partial charge >= 0.3 is 0 Å². The second kappa shape index (κ2) is 5.41. The lowest BCUT2D eigenvalue weighted by Crippen LogP contribution is -2.47. The number of nitrogens with one attached hydrogen (secondary N) is 1. The predicted molar refractivity (Wildman–Crippen MR) is 75.9 cm³/mol. The van der Waals surface area contributed by atoms with Crippen molar-refractivity contribution in [2.75, 3.05) is 0 Å². The molecule has 1 aliphatic rings. The van der Waals surface area contributed by atoms with Gasteiger partial charge in [0.1, 0.15) is 0 Å². The highest BCUT2D eigenvalue weighted by atomic mass is 79.9. The summed E-state index contributed by atoms with van der Waals surface area (Å²) in [5.74, 6) is 0.0791. The molecule has 1 aliphatic carbocycles. The van der Waals surface area contributed by atoms with Crippen LogP contribution in [0.1, 0.15) is 31.7 Å². The number of rotatable bonds is 3. The van der Waals surface area contributed by atoms with Gasteiger partial charge in [0.15, 0.2) is 0 Å². The van der Waals surface area contributed by atoms with Crippen LogP contribution in [0.2, 0.25) is 0 Å². The molecule has 2 unspecified atom stereocenters. The van der Waals surface area contributed by atoms with Crippen LogP contribution in [-0.2, 0) is 11.3 Å². The summed E-state index contributed by atoms with van der Waals surface area (Å²) in [5.41, 5.74) is 6.74. The number of hydrogen-bond donors (Lipinski definition) is 2. The van der Waals surface area contributed by atoms with E-state index in [9.17, 15) is 4.79 Å². The van der Waals surface area contributed by atoms with Gasteiger partial charge in [0.25, 0.3) is 0 Å². The van der Waals surface area contributed by atoms with E-state index in [4.69, 9.17) is 5.73 Å². The Kier molecular flexibility index (Phi) is 4.07. The fraction of sp³-hybridized carbons (Fsp3) is 0.500. The van der Waals surface area contributed by atoms with Crippen molar-refractivity contribution in [3.05, 3.63) is 34.3 Å². The number of amides is 1. The van der Waals surface area contributed by atoms with Gasteiger partial charge in [0.2, 0.25) is 5.91 Å². The zero-order valence-electron chi connectivity index (χ0n) is 10.6. The number of hydrogen-bond acceptors (Lipinski definition) is 2. The van der Waals surface area contributed by atoms with Crippen molar-refractivity contribution in [3.8, 4) is 0 Å². The molecule has 4 heteroatoms. The van der Waals surface area contributed by atoms with Gasteiger partial charge in [-0.1, -0.05) is 34.5 Å². The Labute approximate surface area is 116 Å². The number of benzene rings is 1. The zero-order valence-corrected chi connectivity index (χ0v) is 12.2. The fourth-order valence-electron chi connectivity index (χ4n) is 2.46. The molecule has 0 aromatic heterocycles. The number of nitrogens with two attached hydrogens (primary N) is 1. The molecule has 0 radical (unpaired) electrons. The molecule has 1 saturated carbocycles. The summed E-state index contributed by atoms with van der Waals surface area (Å²) in [6, 6.07) is 7.94. The molecule has 2 atom stereocenters. The van der Waals surface area contributed by atoms with E-state index >= 15 is 0 Å². The first kappa shape index (κ1) is 13.6. The Bertz CT molecular complexity index is 432. The number of carbonyl (C=O) groups is 1. The maximum atomic E-state index is 12.2. The molecular weight excluding hydrogens is 292 g/mol. The van der Waals surface area contributed by atoms with E-state index in [2.05, 4.69) is 21.2 Å². The topological polar surface area (TPSA) is 55.1 Å². The zero-order chi connectivity index (χ0) is 13.2. The molecule has 1 aromatic rings. The van der Waals surface area contributed by atoms with Gasteiger partial charge in [-0.2, -0.15) is 0 Å². The Morgan fingerprint density at radius 1 is 1.50 bits per heavy atom. The second-order valence-corrected chi connectivity index (χ2v) is 6.14. The first-order chi connectivity index (χ1) is 8.52. The van der Waals surface area contributed by atoms with E-state index in [1.165, 1.54) is 0 Å². The number of carbonyl (C=O) groups excluding carboxylic acids is 1. The summed E-state index contributed by atoms with van der Waals surface area (Å²) >= 11 is 3.39. The van der Waals surface area contributed by atoms with Gasteiger partial charge in [-0.05, 0) is 37.5 Å². The smallest absolute Gasteiger partial charge is 0.227 e. The van der Waals surface area contributed by atoms with Gasteiger partial charge in [-0.25, -0.2) is 0 Å². The lowest BCUT2D eigenvalue weighted by atomic mass is 9.84. The summed E-state index contributed by atoms with van der Waals surface area (Å²) in [6.45, 7) is 2.54. The number of halogens is 1. The largest absolute Gasteiger partial charge is 0.352 e. The molecule has 0 aliphatic heterocycles. The molecule has 18 heavy (non-hydrogen) atoms. The summed E-state index contributed by atoms with van der Waals surface area (Å²) in [6.07, 6.45) is 2.88. The third-order valence-electron chi connectivity index (χ3n) is 3.91. The molecule has 0 saturated heterocycles. The highest BCUT2D eigenvalue weighted by molar-refractivity contribution is 9.10. The van der Waals surface area contributed by atoms with Crippen LogP contribution in [0.5, 0.6) is 0 Å². The van der Waals surface area contributed by atoms with Crippen LogP contribution in [0.15, 0.2) is 28.7 Å². The standard InChI is InChI=1S/C14H19BrN2O/c1-14(8-2-3-12(14)16)13(18)17-9-10-4-6-11(15)7-5-10/h4-7,12H,2-3,8-9,16H2,1H3,(H,17,18). The first-order valence-corrected chi connectivity index (χ1v) is 7.10. The van der Waals surface area contributed by atoms with Crippen molar-refractivity contribution < 1.29 is 4.79 Å². The van der Waals surface area contributed by atoms with Crippen molar-refractivity contribution in [2.24, 2.45) is 11.1 Å². The molecular formula is C14H19BrN2O. The highest BCUT2D eigenvalue weighted by Crippen LogP contribution is 2.36. The van der Waals surface area contributed by atoms with E-state index in [1.54, 1.807) is 0 Å². The molecule has 1 amide bonds. The van der Waals surface area contributed by atoms with Crippen molar-refractivity contribution in [1.82, 2.24) is 5.32 Å². The Balaban J connectivity index is 1.94. The third-order valence-corrected chi connectivity index (χ3v) is 4.44. The minimum absolute atomic E-state index is 0.0117. The summed E-state index contributed by atoms with van der Waals surface area (Å²) in [5, 5.41) is 3.00. The minimum atomic E-state index is -0.393. The van der Waals surface area contributed by atoms with Crippen LogP contribution in [-0.4, -0.2) is 11.9 Å². The van der Waals surface area contributed by atoms with E-state index in [0.717, 1.165) is 29.3 Å². The third kappa shape index (κ3) is 2.75. The Morgan fingerprint density at radius 2 is 2.17 bits per heavy atom. The van der Waals surface area contributed by atoms with Crippen LogP contribution in [0, 0.1) is 5.41 Å². The molecule has 2 rings (SSSR count). The lowest BCUT2D eigenvalue weighted by molar-refractivity contribution is -0.130. The minimum Gasteiger partial charge on any atom is -0.352 e. The molecule has 0 heterocycles. The summed E-state index contributed by atoms with van der Waals surface area (Å²) in [4.78, 5) is 12.2. The van der Waals surface area contributed by atoms with Gasteiger partial charge < -0.3 is 11.1 Å². The summed E-state index contributed by atoms with van der Waals surface area (Å²) < 4.78 is 1.04. The van der Waals surface area contributed by atoms with Gasteiger partial charge in [-0.3, -0.25) is 4.79 Å². The monoisotopic (exact) mass is 310 g/mol. The van der Waals surface area contributed by atoms with Crippen molar-refractivity contribution >= 4 is 21.8 Å². The maximum absolute atomic E-state index is 12.2. The molecule has 3 nitrogen and oxygen atoms in total. The van der Waals surface area contributed by atoms with Crippen LogP contribution >= 0.6 is 15.9 Å². The van der Waals surface area contributed by atoms with Gasteiger partial charge in [-0.15, -0.1) is 0 Å². The van der Waals surface area contributed by atoms with E-state index < -0.39 is 5.41 Å². The van der Waals surface area contributed by atoms with Crippen LogP contribution < -0.4 is 11.1 Å².